The number of hydrogen-bond acceptors (Lipinski definition) is 8. The molecular weight excluding hydrogens is 400 g/mol. The molecular formula is C22H26N4O5. The van der Waals surface area contributed by atoms with E-state index in [1.54, 1.807) is 33.6 Å². The molecule has 0 atom stereocenters. The van der Waals surface area contributed by atoms with Gasteiger partial charge in [-0.05, 0) is 49.7 Å². The molecule has 1 aromatic carbocycles. The van der Waals surface area contributed by atoms with Gasteiger partial charge in [-0.2, -0.15) is 4.98 Å². The molecule has 31 heavy (non-hydrogen) atoms. The lowest BCUT2D eigenvalue weighted by Crippen LogP contribution is -2.32. The number of aromatic amines is 1. The lowest BCUT2D eigenvalue weighted by Gasteiger charge is -2.30. The molecule has 0 aliphatic carbocycles. The maximum atomic E-state index is 11.2. The molecule has 1 N–H and O–H groups in total. The molecule has 0 spiro atoms. The minimum atomic E-state index is -0.164. The number of aromatic nitrogens is 3. The van der Waals surface area contributed by atoms with Crippen molar-refractivity contribution >= 4 is 0 Å². The van der Waals surface area contributed by atoms with Crippen LogP contribution in [0.1, 0.15) is 30.1 Å². The molecule has 164 valence electrons. The summed E-state index contributed by atoms with van der Waals surface area (Å²) in [6, 6.07) is 7.10. The van der Waals surface area contributed by atoms with E-state index >= 15 is 0 Å². The van der Waals surface area contributed by atoms with Crippen LogP contribution in [-0.2, 0) is 6.54 Å². The van der Waals surface area contributed by atoms with Gasteiger partial charge < -0.3 is 23.7 Å². The minimum absolute atomic E-state index is 0.164. The van der Waals surface area contributed by atoms with Crippen LogP contribution in [0.15, 0.2) is 39.8 Å². The number of hydrogen-bond donors (Lipinski definition) is 1. The Labute approximate surface area is 179 Å². The lowest BCUT2D eigenvalue weighted by molar-refractivity contribution is 0.199. The van der Waals surface area contributed by atoms with Crippen LogP contribution in [0.5, 0.6) is 17.2 Å². The van der Waals surface area contributed by atoms with Crippen LogP contribution in [-0.4, -0.2) is 54.4 Å². The first-order chi connectivity index (χ1) is 15.1. The van der Waals surface area contributed by atoms with E-state index in [1.165, 1.54) is 6.07 Å². The van der Waals surface area contributed by atoms with E-state index < -0.39 is 0 Å². The minimum Gasteiger partial charge on any atom is -0.493 e. The molecule has 0 bridgehead atoms. The van der Waals surface area contributed by atoms with Gasteiger partial charge in [0.2, 0.25) is 11.3 Å². The van der Waals surface area contributed by atoms with Crippen LogP contribution in [0.2, 0.25) is 0 Å². The van der Waals surface area contributed by atoms with Gasteiger partial charge in [-0.1, -0.05) is 5.16 Å². The number of pyridine rings is 1. The summed E-state index contributed by atoms with van der Waals surface area (Å²) in [4.78, 5) is 20.8. The van der Waals surface area contributed by atoms with Gasteiger partial charge in [0.05, 0.1) is 26.9 Å². The maximum Gasteiger partial charge on any atom is 0.259 e. The van der Waals surface area contributed by atoms with Crippen molar-refractivity contribution in [1.29, 1.82) is 0 Å². The Hall–Kier alpha value is -3.33. The number of H-pyrrole nitrogens is 1. The Morgan fingerprint density at radius 3 is 2.39 bits per heavy atom. The van der Waals surface area contributed by atoms with Crippen molar-refractivity contribution in [1.82, 2.24) is 20.0 Å². The highest BCUT2D eigenvalue weighted by molar-refractivity contribution is 5.54. The summed E-state index contributed by atoms with van der Waals surface area (Å²) in [7, 11) is 4.85. The molecule has 2 aromatic heterocycles. The highest BCUT2D eigenvalue weighted by atomic mass is 16.5. The van der Waals surface area contributed by atoms with E-state index in [2.05, 4.69) is 20.0 Å². The second-order valence-corrected chi connectivity index (χ2v) is 7.48. The van der Waals surface area contributed by atoms with Gasteiger partial charge in [0.25, 0.3) is 5.89 Å². The fraction of sp³-hybridized carbons (Fsp3) is 0.409. The van der Waals surface area contributed by atoms with Gasteiger partial charge in [0.15, 0.2) is 17.3 Å². The van der Waals surface area contributed by atoms with Gasteiger partial charge in [-0.3, -0.25) is 9.69 Å². The van der Waals surface area contributed by atoms with E-state index in [4.69, 9.17) is 18.7 Å². The third-order valence-corrected chi connectivity index (χ3v) is 5.56. The molecule has 3 heterocycles. The number of likely N-dealkylation sites (tertiary alicyclic amines) is 1. The lowest BCUT2D eigenvalue weighted by atomic mass is 9.96. The highest BCUT2D eigenvalue weighted by Gasteiger charge is 2.25. The van der Waals surface area contributed by atoms with Crippen molar-refractivity contribution in [2.45, 2.75) is 25.3 Å². The van der Waals surface area contributed by atoms with Gasteiger partial charge in [0.1, 0.15) is 0 Å². The van der Waals surface area contributed by atoms with Gasteiger partial charge in [0, 0.05) is 24.7 Å². The average Bonchev–Trinajstić information content (AvgIpc) is 3.29. The first-order valence-corrected chi connectivity index (χ1v) is 10.1. The smallest absolute Gasteiger partial charge is 0.259 e. The molecule has 1 saturated heterocycles. The molecule has 1 fully saturated rings. The van der Waals surface area contributed by atoms with Crippen LogP contribution in [0.25, 0.3) is 11.5 Å². The van der Waals surface area contributed by atoms with Crippen molar-refractivity contribution in [2.24, 2.45) is 0 Å². The number of piperidine rings is 1. The second kappa shape index (κ2) is 9.22. The van der Waals surface area contributed by atoms with Crippen molar-refractivity contribution in [2.75, 3.05) is 34.4 Å². The van der Waals surface area contributed by atoms with E-state index in [-0.39, 0.29) is 11.5 Å². The highest BCUT2D eigenvalue weighted by Crippen LogP contribution is 2.39. The fourth-order valence-electron chi connectivity index (χ4n) is 3.90. The average molecular weight is 426 g/mol. The predicted molar refractivity (Wildman–Crippen MR) is 114 cm³/mol. The molecule has 0 radical (unpaired) electrons. The summed E-state index contributed by atoms with van der Waals surface area (Å²) in [5.74, 6) is 3.31. The third-order valence-electron chi connectivity index (χ3n) is 5.56. The number of benzene rings is 1. The van der Waals surface area contributed by atoms with Crippen LogP contribution >= 0.6 is 0 Å². The van der Waals surface area contributed by atoms with Crippen LogP contribution in [0.3, 0.4) is 0 Å². The number of methoxy groups -OCH3 is 3. The normalized spacial score (nSPS) is 15.1. The fourth-order valence-corrected chi connectivity index (χ4v) is 3.90. The molecule has 0 amide bonds. The zero-order valence-corrected chi connectivity index (χ0v) is 17.9. The summed E-state index contributed by atoms with van der Waals surface area (Å²) in [5, 5.41) is 4.17. The number of nitrogens with one attached hydrogen (secondary N) is 1. The van der Waals surface area contributed by atoms with Crippen LogP contribution in [0.4, 0.5) is 0 Å². The second-order valence-electron chi connectivity index (χ2n) is 7.48. The Morgan fingerprint density at radius 2 is 1.81 bits per heavy atom. The third kappa shape index (κ3) is 4.56. The molecule has 9 nitrogen and oxygen atoms in total. The number of rotatable bonds is 7. The maximum absolute atomic E-state index is 11.2. The first-order valence-electron chi connectivity index (χ1n) is 10.1. The van der Waals surface area contributed by atoms with E-state index in [0.717, 1.165) is 38.0 Å². The summed E-state index contributed by atoms with van der Waals surface area (Å²) in [5.41, 5.74) is 1.65. The Morgan fingerprint density at radius 1 is 1.10 bits per heavy atom. The Balaban J connectivity index is 1.39. The number of ether oxygens (including phenoxy) is 3. The first kappa shape index (κ1) is 20.9. The van der Waals surface area contributed by atoms with Crippen LogP contribution < -0.4 is 19.8 Å². The summed E-state index contributed by atoms with van der Waals surface area (Å²) < 4.78 is 21.7. The Kier molecular flexibility index (Phi) is 6.22. The predicted octanol–water partition coefficient (Wildman–Crippen LogP) is 2.83. The van der Waals surface area contributed by atoms with Crippen molar-refractivity contribution < 1.29 is 18.7 Å². The van der Waals surface area contributed by atoms with Gasteiger partial charge in [-0.25, -0.2) is 0 Å². The number of nitrogens with zero attached hydrogens (tertiary/aromatic N) is 3. The summed E-state index contributed by atoms with van der Waals surface area (Å²) >= 11 is 0. The van der Waals surface area contributed by atoms with E-state index in [9.17, 15) is 4.79 Å². The molecule has 3 aromatic rings. The van der Waals surface area contributed by atoms with E-state index in [1.807, 2.05) is 12.1 Å². The van der Waals surface area contributed by atoms with Gasteiger partial charge >= 0.3 is 0 Å². The van der Waals surface area contributed by atoms with Crippen molar-refractivity contribution in [3.63, 3.8) is 0 Å². The van der Waals surface area contributed by atoms with Crippen molar-refractivity contribution in [3.05, 3.63) is 52.2 Å². The molecule has 4 rings (SSSR count). The van der Waals surface area contributed by atoms with Crippen molar-refractivity contribution in [3.8, 4) is 28.7 Å². The monoisotopic (exact) mass is 426 g/mol. The zero-order chi connectivity index (χ0) is 21.8. The SMILES string of the molecule is COc1cc(CN2CCC(c3noc(-c4ccc(=O)[nH]c4)n3)CC2)cc(OC)c1OC. The van der Waals surface area contributed by atoms with Crippen LogP contribution in [0, 0.1) is 0 Å². The zero-order valence-electron chi connectivity index (χ0n) is 17.9. The molecule has 9 heteroatoms. The molecule has 0 saturated carbocycles. The molecule has 0 unspecified atom stereocenters. The molecule has 1 aliphatic rings. The summed E-state index contributed by atoms with van der Waals surface area (Å²) in [6.07, 6.45) is 3.46. The van der Waals surface area contributed by atoms with Gasteiger partial charge in [-0.15, -0.1) is 0 Å². The quantitative estimate of drug-likeness (QED) is 0.615. The standard InChI is InChI=1S/C22H26N4O5/c1-28-17-10-14(11-18(29-2)20(17)30-3)13-26-8-6-15(7-9-26)21-24-22(31-25-21)16-4-5-19(27)23-12-16/h4-5,10-12,15H,6-9,13H2,1-3H3,(H,23,27). The largest absolute Gasteiger partial charge is 0.493 e. The topological polar surface area (TPSA) is 103 Å². The molecule has 1 aliphatic heterocycles. The summed E-state index contributed by atoms with van der Waals surface area (Å²) in [6.45, 7) is 2.63. The van der Waals surface area contributed by atoms with E-state index in [0.29, 0.717) is 34.5 Å². The Bertz CT molecular complexity index is 1040.